The summed E-state index contributed by atoms with van der Waals surface area (Å²) in [4.78, 5) is 5.94. The van der Waals surface area contributed by atoms with Gasteiger partial charge >= 0.3 is 0 Å². The monoisotopic (exact) mass is 325 g/mol. The molecular formula is C18H39N5. The van der Waals surface area contributed by atoms with Gasteiger partial charge in [0.25, 0.3) is 0 Å². The summed E-state index contributed by atoms with van der Waals surface area (Å²) in [5.41, 5.74) is 10.8. The zero-order valence-corrected chi connectivity index (χ0v) is 15.4. The molecule has 0 heterocycles. The number of hydrogen-bond acceptors (Lipinski definition) is 1. The maximum atomic E-state index is 8.05. The van der Waals surface area contributed by atoms with Crippen LogP contribution in [0, 0.1) is 5.41 Å². The largest absolute Gasteiger partial charge is 0.370 e. The molecule has 5 nitrogen and oxygen atoms in total. The predicted molar refractivity (Wildman–Crippen MR) is 102 cm³/mol. The molecule has 0 aliphatic carbocycles. The van der Waals surface area contributed by atoms with E-state index in [9.17, 15) is 0 Å². The van der Waals surface area contributed by atoms with Crippen molar-refractivity contribution >= 4 is 11.9 Å². The Hall–Kier alpha value is -1.26. The van der Waals surface area contributed by atoms with Gasteiger partial charge in [-0.25, -0.2) is 0 Å². The highest BCUT2D eigenvalue weighted by Crippen LogP contribution is 2.09. The molecule has 0 unspecified atom stereocenters. The molecule has 0 aromatic heterocycles. The van der Waals surface area contributed by atoms with E-state index in [1.165, 1.54) is 64.2 Å². The molecule has 0 amide bonds. The van der Waals surface area contributed by atoms with Crippen LogP contribution in [0.1, 0.15) is 90.9 Å². The number of nitrogens with two attached hydrogens (primary N) is 2. The van der Waals surface area contributed by atoms with Crippen LogP contribution in [0.5, 0.6) is 0 Å². The van der Waals surface area contributed by atoms with Gasteiger partial charge in [-0.1, -0.05) is 78.1 Å². The number of guanidine groups is 2. The number of nitrogens with zero attached hydrogens (tertiary/aromatic N) is 2. The van der Waals surface area contributed by atoms with Crippen molar-refractivity contribution in [1.82, 2.24) is 4.90 Å². The van der Waals surface area contributed by atoms with Crippen LogP contribution in [0.15, 0.2) is 4.99 Å². The normalized spacial score (nSPS) is 10.5. The number of hydrogen-bond donors (Lipinski definition) is 3. The number of nitrogens with one attached hydrogen (secondary N) is 1. The summed E-state index contributed by atoms with van der Waals surface area (Å²) in [5.74, 6) is 0.193. The van der Waals surface area contributed by atoms with Crippen LogP contribution in [0.4, 0.5) is 0 Å². The Morgan fingerprint density at radius 3 is 1.52 bits per heavy atom. The van der Waals surface area contributed by atoms with Crippen molar-refractivity contribution in [3.05, 3.63) is 0 Å². The van der Waals surface area contributed by atoms with Gasteiger partial charge in [0.15, 0.2) is 5.96 Å². The smallest absolute Gasteiger partial charge is 0.221 e. The van der Waals surface area contributed by atoms with Crippen LogP contribution in [0.25, 0.3) is 0 Å². The zero-order valence-electron chi connectivity index (χ0n) is 15.4. The van der Waals surface area contributed by atoms with Crippen molar-refractivity contribution in [2.24, 2.45) is 16.5 Å². The minimum absolute atomic E-state index is 0.0223. The molecular weight excluding hydrogens is 286 g/mol. The summed E-state index contributed by atoms with van der Waals surface area (Å²) in [5, 5.41) is 8.05. The van der Waals surface area contributed by atoms with Gasteiger partial charge in [-0.05, 0) is 12.8 Å². The van der Waals surface area contributed by atoms with Gasteiger partial charge in [-0.2, -0.15) is 4.99 Å². The first-order valence-corrected chi connectivity index (χ1v) is 9.54. The molecule has 0 radical (unpaired) electrons. The lowest BCUT2D eigenvalue weighted by molar-refractivity contribution is 0.379. The molecule has 0 aliphatic rings. The average Bonchev–Trinajstić information content (AvgIpc) is 2.51. The van der Waals surface area contributed by atoms with Crippen LogP contribution < -0.4 is 11.5 Å². The third-order valence-electron chi connectivity index (χ3n) is 4.10. The van der Waals surface area contributed by atoms with Gasteiger partial charge in [0.1, 0.15) is 0 Å². The summed E-state index contributed by atoms with van der Waals surface area (Å²) in [6, 6.07) is 0. The van der Waals surface area contributed by atoms with Crippen LogP contribution in [-0.2, 0) is 0 Å². The Kier molecular flexibility index (Phi) is 14.8. The highest BCUT2D eigenvalue weighted by Gasteiger charge is 2.08. The van der Waals surface area contributed by atoms with E-state index in [0.29, 0.717) is 0 Å². The van der Waals surface area contributed by atoms with Crippen molar-refractivity contribution < 1.29 is 0 Å². The number of unbranched alkanes of at least 4 members (excludes halogenated alkanes) is 10. The van der Waals surface area contributed by atoms with E-state index in [2.05, 4.69) is 18.8 Å². The second-order valence-corrected chi connectivity index (χ2v) is 6.38. The van der Waals surface area contributed by atoms with Gasteiger partial charge in [-0.15, -0.1) is 0 Å². The molecule has 0 saturated carbocycles. The fourth-order valence-corrected chi connectivity index (χ4v) is 2.68. The highest BCUT2D eigenvalue weighted by atomic mass is 15.3. The van der Waals surface area contributed by atoms with Crippen molar-refractivity contribution in [2.45, 2.75) is 90.9 Å². The van der Waals surface area contributed by atoms with Crippen molar-refractivity contribution in [1.29, 1.82) is 5.41 Å². The maximum absolute atomic E-state index is 8.05. The lowest BCUT2D eigenvalue weighted by atomic mass is 10.1. The Bertz CT molecular complexity index is 295. The molecule has 0 atom stereocenters. The van der Waals surface area contributed by atoms with Crippen LogP contribution in [-0.4, -0.2) is 29.9 Å². The fraction of sp³-hybridized carbons (Fsp3) is 0.889. The average molecular weight is 326 g/mol. The van der Waals surface area contributed by atoms with Crippen molar-refractivity contribution in [3.63, 3.8) is 0 Å². The topological polar surface area (TPSA) is 91.5 Å². The molecule has 5 N–H and O–H groups in total. The highest BCUT2D eigenvalue weighted by molar-refractivity contribution is 5.91. The first-order valence-electron chi connectivity index (χ1n) is 9.54. The van der Waals surface area contributed by atoms with Gasteiger partial charge in [-0.3, -0.25) is 5.41 Å². The van der Waals surface area contributed by atoms with Crippen molar-refractivity contribution in [2.75, 3.05) is 13.1 Å². The molecule has 0 rings (SSSR count). The molecule has 0 saturated heterocycles. The van der Waals surface area contributed by atoms with Crippen molar-refractivity contribution in [3.8, 4) is 0 Å². The summed E-state index contributed by atoms with van der Waals surface area (Å²) < 4.78 is 0. The van der Waals surface area contributed by atoms with E-state index >= 15 is 0 Å². The Labute approximate surface area is 143 Å². The Balaban J connectivity index is 4.04. The van der Waals surface area contributed by atoms with E-state index in [0.717, 1.165) is 25.9 Å². The fourth-order valence-electron chi connectivity index (χ4n) is 2.68. The first kappa shape index (κ1) is 21.7. The number of aliphatic imine (C=N–C) groups is 1. The minimum Gasteiger partial charge on any atom is -0.370 e. The minimum atomic E-state index is -0.0223. The molecule has 5 heteroatoms. The van der Waals surface area contributed by atoms with Crippen LogP contribution in [0.2, 0.25) is 0 Å². The van der Waals surface area contributed by atoms with E-state index in [1.54, 1.807) is 0 Å². The summed E-state index contributed by atoms with van der Waals surface area (Å²) in [6.07, 6.45) is 15.1. The van der Waals surface area contributed by atoms with E-state index in [1.807, 2.05) is 4.90 Å². The van der Waals surface area contributed by atoms with Gasteiger partial charge in [0, 0.05) is 13.1 Å². The summed E-state index contributed by atoms with van der Waals surface area (Å²) >= 11 is 0. The molecule has 23 heavy (non-hydrogen) atoms. The Morgan fingerprint density at radius 2 is 1.13 bits per heavy atom. The first-order chi connectivity index (χ1) is 11.1. The third kappa shape index (κ3) is 14.1. The summed E-state index contributed by atoms with van der Waals surface area (Å²) in [6.45, 7) is 6.24. The third-order valence-corrected chi connectivity index (χ3v) is 4.10. The van der Waals surface area contributed by atoms with Gasteiger partial charge < -0.3 is 16.4 Å². The molecule has 136 valence electrons. The second-order valence-electron chi connectivity index (χ2n) is 6.38. The molecule has 0 spiro atoms. The predicted octanol–water partition coefficient (Wildman–Crippen LogP) is 4.22. The quantitative estimate of drug-likeness (QED) is 0.254. The molecule has 0 aromatic rings. The zero-order chi connectivity index (χ0) is 17.3. The molecule has 0 aromatic carbocycles. The van der Waals surface area contributed by atoms with E-state index in [4.69, 9.17) is 16.9 Å². The summed E-state index contributed by atoms with van der Waals surface area (Å²) in [7, 11) is 0. The van der Waals surface area contributed by atoms with Gasteiger partial charge in [0.2, 0.25) is 5.96 Å². The van der Waals surface area contributed by atoms with E-state index in [-0.39, 0.29) is 11.9 Å². The Morgan fingerprint density at radius 1 is 0.739 bits per heavy atom. The molecule has 0 aliphatic heterocycles. The molecule has 0 bridgehead atoms. The van der Waals surface area contributed by atoms with E-state index < -0.39 is 0 Å². The second kappa shape index (κ2) is 15.6. The van der Waals surface area contributed by atoms with Gasteiger partial charge in [0.05, 0.1) is 0 Å². The standard InChI is InChI=1S/C18H39N5/c1-3-5-7-9-11-13-15-23(18(21)22-17(19)20)16-14-12-10-8-6-4-2/h3-16H2,1-2H3,(H5,19,20,21,22). The maximum Gasteiger partial charge on any atom is 0.221 e. The van der Waals surface area contributed by atoms with Crippen LogP contribution >= 0.6 is 0 Å². The number of rotatable bonds is 14. The SMILES string of the molecule is CCCCCCCCN(CCCCCCCC)C(=N)N=C(N)N. The van der Waals surface area contributed by atoms with Crippen LogP contribution in [0.3, 0.4) is 0 Å². The lowest BCUT2D eigenvalue weighted by Crippen LogP contribution is -2.34. The molecule has 0 fully saturated rings. The lowest BCUT2D eigenvalue weighted by Gasteiger charge is -2.22.